The van der Waals surface area contributed by atoms with Gasteiger partial charge in [-0.1, -0.05) is 20.8 Å². The normalized spacial score (nSPS) is 11.6. The van der Waals surface area contributed by atoms with Crippen molar-refractivity contribution in [2.75, 3.05) is 0 Å². The van der Waals surface area contributed by atoms with Crippen LogP contribution < -0.4 is 5.56 Å². The summed E-state index contributed by atoms with van der Waals surface area (Å²) in [6.45, 7) is 5.67. The molecule has 100 valence electrons. The number of nitrogens with one attached hydrogen (secondary N) is 1. The average molecular weight is 264 g/mol. The Morgan fingerprint density at radius 1 is 1.05 bits per heavy atom. The third-order valence-electron chi connectivity index (χ3n) is 2.61. The minimum atomic E-state index is -0.700. The highest BCUT2D eigenvalue weighted by molar-refractivity contribution is 5.58. The van der Waals surface area contributed by atoms with Crippen molar-refractivity contribution < 1.29 is 8.78 Å². The lowest BCUT2D eigenvalue weighted by Crippen LogP contribution is -2.21. The zero-order valence-corrected chi connectivity index (χ0v) is 10.9. The number of hydrogen-bond donors (Lipinski definition) is 1. The molecule has 0 fully saturated rings. The van der Waals surface area contributed by atoms with Gasteiger partial charge in [-0.3, -0.25) is 4.79 Å². The molecule has 0 bridgehead atoms. The van der Waals surface area contributed by atoms with Crippen LogP contribution >= 0.6 is 0 Å². The second-order valence-corrected chi connectivity index (χ2v) is 5.39. The Balaban J connectivity index is 2.63. The summed E-state index contributed by atoms with van der Waals surface area (Å²) >= 11 is 0. The molecule has 0 aliphatic rings. The Labute approximate surface area is 109 Å². The SMILES string of the molecule is CC(C)(C)c1nc(-c2cc(F)cc(F)c2)cc(=O)[nH]1. The van der Waals surface area contributed by atoms with E-state index in [2.05, 4.69) is 9.97 Å². The maximum Gasteiger partial charge on any atom is 0.251 e. The van der Waals surface area contributed by atoms with E-state index in [1.807, 2.05) is 20.8 Å². The first-order valence-electron chi connectivity index (χ1n) is 5.84. The summed E-state index contributed by atoms with van der Waals surface area (Å²) in [6.07, 6.45) is 0. The van der Waals surface area contributed by atoms with Crippen molar-refractivity contribution in [2.24, 2.45) is 0 Å². The maximum absolute atomic E-state index is 13.2. The van der Waals surface area contributed by atoms with Crippen LogP contribution in [-0.2, 0) is 5.41 Å². The molecule has 1 N–H and O–H groups in total. The van der Waals surface area contributed by atoms with E-state index in [9.17, 15) is 13.6 Å². The fourth-order valence-electron chi connectivity index (χ4n) is 1.66. The topological polar surface area (TPSA) is 45.8 Å². The summed E-state index contributed by atoms with van der Waals surface area (Å²) in [4.78, 5) is 18.5. The summed E-state index contributed by atoms with van der Waals surface area (Å²) in [5.74, 6) is -0.927. The van der Waals surface area contributed by atoms with Gasteiger partial charge in [-0.05, 0) is 12.1 Å². The molecule has 2 rings (SSSR count). The molecule has 0 amide bonds. The molecule has 0 saturated heterocycles. The van der Waals surface area contributed by atoms with Gasteiger partial charge in [0.05, 0.1) is 5.69 Å². The molecule has 0 atom stereocenters. The van der Waals surface area contributed by atoms with Crippen LogP contribution in [0, 0.1) is 11.6 Å². The highest BCUT2D eigenvalue weighted by atomic mass is 19.1. The number of benzene rings is 1. The molecule has 0 unspecified atom stereocenters. The first-order chi connectivity index (χ1) is 8.75. The lowest BCUT2D eigenvalue weighted by atomic mass is 9.95. The van der Waals surface area contributed by atoms with Crippen molar-refractivity contribution in [3.63, 3.8) is 0 Å². The number of nitrogens with zero attached hydrogens (tertiary/aromatic N) is 1. The Morgan fingerprint density at radius 3 is 2.16 bits per heavy atom. The maximum atomic E-state index is 13.2. The van der Waals surface area contributed by atoms with Gasteiger partial charge >= 0.3 is 0 Å². The van der Waals surface area contributed by atoms with Crippen molar-refractivity contribution in [3.05, 3.63) is 52.1 Å². The van der Waals surface area contributed by atoms with Gasteiger partial charge < -0.3 is 4.98 Å². The van der Waals surface area contributed by atoms with Crippen LogP contribution in [0.1, 0.15) is 26.6 Å². The third-order valence-corrected chi connectivity index (χ3v) is 2.61. The molecule has 3 nitrogen and oxygen atoms in total. The Bertz CT molecular complexity index is 652. The fourth-order valence-corrected chi connectivity index (χ4v) is 1.66. The van der Waals surface area contributed by atoms with E-state index in [0.717, 1.165) is 18.2 Å². The zero-order valence-electron chi connectivity index (χ0n) is 10.9. The summed E-state index contributed by atoms with van der Waals surface area (Å²) in [6, 6.07) is 4.30. The number of hydrogen-bond acceptors (Lipinski definition) is 2. The lowest BCUT2D eigenvalue weighted by molar-refractivity contribution is 0.543. The van der Waals surface area contributed by atoms with Crippen molar-refractivity contribution in [1.82, 2.24) is 9.97 Å². The molecular formula is C14H14F2N2O. The van der Waals surface area contributed by atoms with E-state index in [1.54, 1.807) is 0 Å². The highest BCUT2D eigenvalue weighted by Crippen LogP contribution is 2.22. The lowest BCUT2D eigenvalue weighted by Gasteiger charge is -2.17. The van der Waals surface area contributed by atoms with Crippen LogP contribution in [0.5, 0.6) is 0 Å². The predicted molar refractivity (Wildman–Crippen MR) is 68.9 cm³/mol. The molecule has 0 aliphatic heterocycles. The summed E-state index contributed by atoms with van der Waals surface area (Å²) in [7, 11) is 0. The summed E-state index contributed by atoms with van der Waals surface area (Å²) in [5, 5.41) is 0. The smallest absolute Gasteiger partial charge is 0.251 e. The molecule has 0 saturated carbocycles. The molecule has 1 heterocycles. The van der Waals surface area contributed by atoms with Crippen LogP contribution in [0.2, 0.25) is 0 Å². The highest BCUT2D eigenvalue weighted by Gasteiger charge is 2.18. The van der Waals surface area contributed by atoms with Crippen LogP contribution in [0.4, 0.5) is 8.78 Å². The molecule has 0 spiro atoms. The van der Waals surface area contributed by atoms with E-state index in [1.165, 1.54) is 6.07 Å². The van der Waals surface area contributed by atoms with E-state index in [0.29, 0.717) is 5.82 Å². The quantitative estimate of drug-likeness (QED) is 0.860. The van der Waals surface area contributed by atoms with Crippen molar-refractivity contribution in [1.29, 1.82) is 0 Å². The van der Waals surface area contributed by atoms with Gasteiger partial charge in [0.2, 0.25) is 0 Å². The molecular weight excluding hydrogens is 250 g/mol. The van der Waals surface area contributed by atoms with Gasteiger partial charge in [-0.25, -0.2) is 13.8 Å². The second-order valence-electron chi connectivity index (χ2n) is 5.39. The zero-order chi connectivity index (χ0) is 14.2. The molecule has 1 aromatic carbocycles. The van der Waals surface area contributed by atoms with E-state index in [4.69, 9.17) is 0 Å². The second kappa shape index (κ2) is 4.57. The van der Waals surface area contributed by atoms with E-state index >= 15 is 0 Å². The van der Waals surface area contributed by atoms with Crippen molar-refractivity contribution >= 4 is 0 Å². The van der Waals surface area contributed by atoms with Gasteiger partial charge in [0.25, 0.3) is 5.56 Å². The van der Waals surface area contributed by atoms with Gasteiger partial charge in [0.1, 0.15) is 17.5 Å². The van der Waals surface area contributed by atoms with Crippen molar-refractivity contribution in [2.45, 2.75) is 26.2 Å². The van der Waals surface area contributed by atoms with Gasteiger partial charge in [-0.2, -0.15) is 0 Å². The average Bonchev–Trinajstić information content (AvgIpc) is 2.25. The summed E-state index contributed by atoms with van der Waals surface area (Å²) in [5.41, 5.74) is -0.207. The fraction of sp³-hybridized carbons (Fsp3) is 0.286. The van der Waals surface area contributed by atoms with Gasteiger partial charge in [0, 0.05) is 23.1 Å². The first kappa shape index (κ1) is 13.4. The minimum absolute atomic E-state index is 0.245. The molecule has 1 aromatic heterocycles. The molecule has 0 aliphatic carbocycles. The predicted octanol–water partition coefficient (Wildman–Crippen LogP) is 3.01. The van der Waals surface area contributed by atoms with E-state index < -0.39 is 11.6 Å². The largest absolute Gasteiger partial charge is 0.310 e. The first-order valence-corrected chi connectivity index (χ1v) is 5.84. The Hall–Kier alpha value is -2.04. The van der Waals surface area contributed by atoms with Crippen LogP contribution in [0.25, 0.3) is 11.3 Å². The minimum Gasteiger partial charge on any atom is -0.310 e. The number of rotatable bonds is 1. The number of H-pyrrole nitrogens is 1. The number of halogens is 2. The van der Waals surface area contributed by atoms with Crippen molar-refractivity contribution in [3.8, 4) is 11.3 Å². The standard InChI is InChI=1S/C14H14F2N2O/c1-14(2,3)13-17-11(7-12(19)18-13)8-4-9(15)6-10(16)5-8/h4-7H,1-3H3,(H,17,18,19). The van der Waals surface area contributed by atoms with E-state index in [-0.39, 0.29) is 22.2 Å². The number of aromatic amines is 1. The van der Waals surface area contributed by atoms with Gasteiger partial charge in [0.15, 0.2) is 0 Å². The van der Waals surface area contributed by atoms with Crippen LogP contribution in [0.15, 0.2) is 29.1 Å². The molecule has 5 heteroatoms. The molecule has 0 radical (unpaired) electrons. The monoisotopic (exact) mass is 264 g/mol. The Kier molecular flexibility index (Phi) is 3.22. The Morgan fingerprint density at radius 2 is 1.63 bits per heavy atom. The third kappa shape index (κ3) is 3.05. The molecule has 2 aromatic rings. The van der Waals surface area contributed by atoms with Gasteiger partial charge in [-0.15, -0.1) is 0 Å². The summed E-state index contributed by atoms with van der Waals surface area (Å²) < 4.78 is 26.4. The number of aromatic nitrogens is 2. The molecule has 19 heavy (non-hydrogen) atoms. The van der Waals surface area contributed by atoms with Crippen LogP contribution in [0.3, 0.4) is 0 Å². The van der Waals surface area contributed by atoms with Crippen LogP contribution in [-0.4, -0.2) is 9.97 Å².